The Morgan fingerprint density at radius 3 is 2.44 bits per heavy atom. The maximum absolute atomic E-state index is 13.0. The van der Waals surface area contributed by atoms with Crippen molar-refractivity contribution in [2.75, 3.05) is 0 Å². The number of fused-ring (bicyclic) bond motifs is 2. The number of non-ortho nitro benzene ring substituents is 1. The molecule has 2 heterocycles. The van der Waals surface area contributed by atoms with E-state index in [9.17, 15) is 14.9 Å². The van der Waals surface area contributed by atoms with Gasteiger partial charge < -0.3 is 4.74 Å². The van der Waals surface area contributed by atoms with Crippen LogP contribution in [-0.4, -0.2) is 16.3 Å². The number of nitrogens with zero attached hydrogens (tertiary/aromatic N) is 1. The van der Waals surface area contributed by atoms with Crippen molar-refractivity contribution in [2.24, 2.45) is 0 Å². The fourth-order valence-electron chi connectivity index (χ4n) is 4.33. The summed E-state index contributed by atoms with van der Waals surface area (Å²) >= 11 is 0. The first-order valence-electron chi connectivity index (χ1n) is 8.48. The zero-order chi connectivity index (χ0) is 17.7. The van der Waals surface area contributed by atoms with Gasteiger partial charge in [-0.1, -0.05) is 42.5 Å². The minimum Gasteiger partial charge on any atom is -0.356 e. The molecule has 3 atom stereocenters. The van der Waals surface area contributed by atoms with Gasteiger partial charge in [0.05, 0.1) is 10.5 Å². The lowest BCUT2D eigenvalue weighted by molar-refractivity contribution is -0.384. The second kappa shape index (κ2) is 5.49. The Bertz CT molecular complexity index is 833. The first-order valence-corrected chi connectivity index (χ1v) is 8.48. The van der Waals surface area contributed by atoms with Crippen LogP contribution in [-0.2, 0) is 15.1 Å². The molecule has 3 unspecified atom stereocenters. The summed E-state index contributed by atoms with van der Waals surface area (Å²) in [4.78, 5) is 23.6. The largest absolute Gasteiger partial charge is 0.356 e. The van der Waals surface area contributed by atoms with Gasteiger partial charge in [0.1, 0.15) is 0 Å². The van der Waals surface area contributed by atoms with E-state index in [-0.39, 0.29) is 23.0 Å². The molecular formula is C20H19NO4. The second-order valence-corrected chi connectivity index (χ2v) is 7.18. The van der Waals surface area contributed by atoms with Gasteiger partial charge in [0, 0.05) is 24.5 Å². The van der Waals surface area contributed by atoms with Gasteiger partial charge in [-0.3, -0.25) is 14.9 Å². The molecule has 128 valence electrons. The molecule has 2 aliphatic heterocycles. The third-order valence-electron chi connectivity index (χ3n) is 5.54. The summed E-state index contributed by atoms with van der Waals surface area (Å²) in [5.74, 6) is -0.0484. The molecule has 2 aromatic carbocycles. The number of hydrogen-bond acceptors (Lipinski definition) is 4. The van der Waals surface area contributed by atoms with Crippen LogP contribution >= 0.6 is 0 Å². The van der Waals surface area contributed by atoms with E-state index >= 15 is 0 Å². The molecule has 0 N–H and O–H groups in total. The van der Waals surface area contributed by atoms with Crippen LogP contribution in [0.15, 0.2) is 54.6 Å². The van der Waals surface area contributed by atoms with E-state index in [1.807, 2.05) is 30.3 Å². The van der Waals surface area contributed by atoms with Crippen LogP contribution in [0.5, 0.6) is 0 Å². The van der Waals surface area contributed by atoms with Crippen molar-refractivity contribution in [2.45, 2.75) is 43.3 Å². The van der Waals surface area contributed by atoms with E-state index in [0.717, 1.165) is 17.5 Å². The number of carbonyl (C=O) groups excluding carboxylic acids is 1. The van der Waals surface area contributed by atoms with Crippen molar-refractivity contribution in [1.82, 2.24) is 0 Å². The smallest absolute Gasteiger partial charge is 0.269 e. The Hall–Kier alpha value is -2.53. The minimum absolute atomic E-state index is 0.0527. The van der Waals surface area contributed by atoms with Crippen molar-refractivity contribution in [3.63, 3.8) is 0 Å². The Morgan fingerprint density at radius 2 is 1.80 bits per heavy atom. The van der Waals surface area contributed by atoms with E-state index in [2.05, 4.69) is 6.92 Å². The highest BCUT2D eigenvalue weighted by Crippen LogP contribution is 2.58. The highest BCUT2D eigenvalue weighted by Gasteiger charge is 2.61. The van der Waals surface area contributed by atoms with E-state index in [4.69, 9.17) is 4.74 Å². The van der Waals surface area contributed by atoms with Gasteiger partial charge in [0.15, 0.2) is 11.4 Å². The number of Topliss-reactive ketones (excluding diaryl/α,β-unsaturated/α-hetero) is 1. The molecule has 0 saturated carbocycles. The summed E-state index contributed by atoms with van der Waals surface area (Å²) < 4.78 is 6.43. The normalized spacial score (nSPS) is 31.1. The number of ether oxygens (including phenoxy) is 1. The fourth-order valence-corrected chi connectivity index (χ4v) is 4.33. The average molecular weight is 337 g/mol. The minimum atomic E-state index is -0.996. The highest BCUT2D eigenvalue weighted by molar-refractivity contribution is 5.91. The van der Waals surface area contributed by atoms with Crippen molar-refractivity contribution >= 4 is 11.5 Å². The first kappa shape index (κ1) is 16.0. The van der Waals surface area contributed by atoms with Crippen LogP contribution in [0.2, 0.25) is 0 Å². The SMILES string of the molecule is CC12CCC(=O)C(c3ccccc3)(O1)C(c1ccc([N+](=O)[O-])cc1)C2. The third-order valence-corrected chi connectivity index (χ3v) is 5.54. The van der Waals surface area contributed by atoms with Crippen LogP contribution in [0.3, 0.4) is 0 Å². The molecule has 0 amide bonds. The van der Waals surface area contributed by atoms with Crippen LogP contribution in [0, 0.1) is 10.1 Å². The Kier molecular flexibility index (Phi) is 3.51. The van der Waals surface area contributed by atoms with E-state index < -0.39 is 10.5 Å². The molecule has 0 aromatic heterocycles. The Balaban J connectivity index is 1.85. The summed E-state index contributed by atoms with van der Waals surface area (Å²) in [6.07, 6.45) is 1.93. The zero-order valence-corrected chi connectivity index (χ0v) is 14.0. The summed E-state index contributed by atoms with van der Waals surface area (Å²) in [7, 11) is 0. The maximum Gasteiger partial charge on any atom is 0.269 e. The average Bonchev–Trinajstić information content (AvgIpc) is 2.90. The number of hydrogen-bond donors (Lipinski definition) is 0. The van der Waals surface area contributed by atoms with Crippen LogP contribution in [0.4, 0.5) is 5.69 Å². The number of carbonyl (C=O) groups is 1. The molecular weight excluding hydrogens is 318 g/mol. The Morgan fingerprint density at radius 1 is 1.12 bits per heavy atom. The van der Waals surface area contributed by atoms with Gasteiger partial charge in [-0.25, -0.2) is 0 Å². The van der Waals surface area contributed by atoms with Gasteiger partial charge in [-0.2, -0.15) is 0 Å². The number of nitro groups is 1. The molecule has 2 saturated heterocycles. The maximum atomic E-state index is 13.0. The first-order chi connectivity index (χ1) is 11.9. The van der Waals surface area contributed by atoms with Crippen molar-refractivity contribution in [1.29, 1.82) is 0 Å². The lowest BCUT2D eigenvalue weighted by Crippen LogP contribution is -2.45. The molecule has 2 aromatic rings. The van der Waals surface area contributed by atoms with Crippen molar-refractivity contribution in [3.8, 4) is 0 Å². The number of benzene rings is 2. The molecule has 25 heavy (non-hydrogen) atoms. The van der Waals surface area contributed by atoms with E-state index in [1.54, 1.807) is 12.1 Å². The van der Waals surface area contributed by atoms with Crippen LogP contribution in [0.1, 0.15) is 43.2 Å². The second-order valence-electron chi connectivity index (χ2n) is 7.18. The van der Waals surface area contributed by atoms with Crippen molar-refractivity contribution < 1.29 is 14.5 Å². The van der Waals surface area contributed by atoms with E-state index in [1.165, 1.54) is 12.1 Å². The monoisotopic (exact) mass is 337 g/mol. The molecule has 0 spiro atoms. The van der Waals surface area contributed by atoms with Gasteiger partial charge >= 0.3 is 0 Å². The highest BCUT2D eigenvalue weighted by atomic mass is 16.6. The lowest BCUT2D eigenvalue weighted by Gasteiger charge is -2.39. The Labute approximate surface area is 145 Å². The standard InChI is InChI=1S/C20H19NO4/c1-19-12-11-18(22)20(25-19,15-5-3-2-4-6-15)17(13-19)14-7-9-16(10-8-14)21(23)24/h2-10,17H,11-13H2,1H3. The zero-order valence-electron chi connectivity index (χ0n) is 14.0. The van der Waals surface area contributed by atoms with E-state index in [0.29, 0.717) is 12.8 Å². The third kappa shape index (κ3) is 2.38. The molecule has 5 nitrogen and oxygen atoms in total. The predicted molar refractivity (Wildman–Crippen MR) is 92.3 cm³/mol. The molecule has 0 aliphatic carbocycles. The summed E-state index contributed by atoms with van der Waals surface area (Å²) in [6, 6.07) is 16.1. The fraction of sp³-hybridized carbons (Fsp3) is 0.350. The summed E-state index contributed by atoms with van der Waals surface area (Å²) in [5.41, 5.74) is 0.484. The number of rotatable bonds is 3. The van der Waals surface area contributed by atoms with Gasteiger partial charge in [0.25, 0.3) is 5.69 Å². The number of ketones is 1. The summed E-state index contributed by atoms with van der Waals surface area (Å²) in [5, 5.41) is 10.9. The molecule has 2 bridgehead atoms. The summed E-state index contributed by atoms with van der Waals surface area (Å²) in [6.45, 7) is 2.06. The quantitative estimate of drug-likeness (QED) is 0.624. The molecule has 2 aliphatic rings. The predicted octanol–water partition coefficient (Wildman–Crippen LogP) is 4.12. The molecule has 4 rings (SSSR count). The molecule has 2 fully saturated rings. The van der Waals surface area contributed by atoms with Gasteiger partial charge in [-0.05, 0) is 30.9 Å². The molecule has 0 radical (unpaired) electrons. The van der Waals surface area contributed by atoms with Crippen LogP contribution < -0.4 is 0 Å². The molecule has 5 heteroatoms. The van der Waals surface area contributed by atoms with Gasteiger partial charge in [0.2, 0.25) is 0 Å². The van der Waals surface area contributed by atoms with Crippen molar-refractivity contribution in [3.05, 3.63) is 75.8 Å². The topological polar surface area (TPSA) is 69.4 Å². The lowest BCUT2D eigenvalue weighted by atomic mass is 9.74. The van der Waals surface area contributed by atoms with Crippen LogP contribution in [0.25, 0.3) is 0 Å². The van der Waals surface area contributed by atoms with Gasteiger partial charge in [-0.15, -0.1) is 0 Å². The number of nitro benzene ring substituents is 1.